The normalized spacial score (nSPS) is 36.0. The molecule has 2 aliphatic carbocycles. The van der Waals surface area contributed by atoms with Crippen LogP contribution >= 0.6 is 0 Å². The van der Waals surface area contributed by atoms with Crippen molar-refractivity contribution in [3.05, 3.63) is 35.9 Å². The highest BCUT2D eigenvalue weighted by molar-refractivity contribution is 5.23. The van der Waals surface area contributed by atoms with Crippen LogP contribution in [0.25, 0.3) is 0 Å². The second-order valence-corrected chi connectivity index (χ2v) is 7.39. The Morgan fingerprint density at radius 2 is 1.82 bits per heavy atom. The van der Waals surface area contributed by atoms with Crippen LogP contribution in [0.15, 0.2) is 30.3 Å². The Kier molecular flexibility index (Phi) is 3.97. The molecule has 120 valence electrons. The third kappa shape index (κ3) is 2.82. The van der Waals surface area contributed by atoms with Crippen molar-refractivity contribution in [3.8, 4) is 0 Å². The molecule has 1 unspecified atom stereocenters. The number of rotatable bonds is 5. The highest BCUT2D eigenvalue weighted by atomic mass is 16.7. The molecule has 1 aromatic rings. The predicted molar refractivity (Wildman–Crippen MR) is 86.7 cm³/mol. The van der Waals surface area contributed by atoms with Crippen molar-refractivity contribution in [2.45, 2.75) is 50.4 Å². The molecule has 22 heavy (non-hydrogen) atoms. The standard InChI is InChI=1S/C19H27NO2/c1-19(21-9-10-22-19)7-8-20-18-13-15-11-16(18)12-17(15)14-5-3-2-4-6-14/h2-6,15-18,20H,7-13H2,1H3/t15-,16-,17+,18?/m0/s1. The van der Waals surface area contributed by atoms with Gasteiger partial charge in [0.25, 0.3) is 0 Å². The van der Waals surface area contributed by atoms with E-state index in [9.17, 15) is 0 Å². The number of hydrogen-bond acceptors (Lipinski definition) is 3. The van der Waals surface area contributed by atoms with Gasteiger partial charge in [0, 0.05) is 19.0 Å². The average molecular weight is 301 g/mol. The minimum absolute atomic E-state index is 0.350. The third-order valence-electron chi connectivity index (χ3n) is 5.97. The summed E-state index contributed by atoms with van der Waals surface area (Å²) in [4.78, 5) is 0. The molecule has 3 fully saturated rings. The molecule has 2 bridgehead atoms. The Morgan fingerprint density at radius 1 is 1.05 bits per heavy atom. The van der Waals surface area contributed by atoms with Crippen molar-refractivity contribution < 1.29 is 9.47 Å². The van der Waals surface area contributed by atoms with Crippen LogP contribution in [0.4, 0.5) is 0 Å². The van der Waals surface area contributed by atoms with Crippen molar-refractivity contribution in [2.75, 3.05) is 19.8 Å². The SMILES string of the molecule is CC1(CCNC2C[C@@H]3C[C@H]2C[C@@H]3c2ccccc2)OCCO1. The second kappa shape index (κ2) is 5.95. The second-order valence-electron chi connectivity index (χ2n) is 7.39. The first-order chi connectivity index (χ1) is 10.7. The van der Waals surface area contributed by atoms with Gasteiger partial charge in [-0.05, 0) is 49.5 Å². The molecule has 1 heterocycles. The van der Waals surface area contributed by atoms with Gasteiger partial charge >= 0.3 is 0 Å². The fourth-order valence-corrected chi connectivity index (χ4v) is 4.82. The first-order valence-corrected chi connectivity index (χ1v) is 8.80. The zero-order chi connectivity index (χ0) is 15.0. The van der Waals surface area contributed by atoms with E-state index in [0.717, 1.165) is 43.9 Å². The lowest BCUT2D eigenvalue weighted by Gasteiger charge is -2.30. The lowest BCUT2D eigenvalue weighted by molar-refractivity contribution is -0.145. The van der Waals surface area contributed by atoms with E-state index >= 15 is 0 Å². The van der Waals surface area contributed by atoms with Gasteiger partial charge in [0.2, 0.25) is 0 Å². The smallest absolute Gasteiger partial charge is 0.166 e. The van der Waals surface area contributed by atoms with Crippen molar-refractivity contribution in [2.24, 2.45) is 11.8 Å². The van der Waals surface area contributed by atoms with Gasteiger partial charge in [-0.3, -0.25) is 0 Å². The van der Waals surface area contributed by atoms with E-state index in [1.807, 2.05) is 0 Å². The fraction of sp³-hybridized carbons (Fsp3) is 0.684. The summed E-state index contributed by atoms with van der Waals surface area (Å²) >= 11 is 0. The molecule has 3 aliphatic rings. The summed E-state index contributed by atoms with van der Waals surface area (Å²) < 4.78 is 11.4. The molecule has 4 rings (SSSR count). The first-order valence-electron chi connectivity index (χ1n) is 8.80. The Hall–Kier alpha value is -0.900. The minimum Gasteiger partial charge on any atom is -0.348 e. The summed E-state index contributed by atoms with van der Waals surface area (Å²) in [5.41, 5.74) is 1.55. The van der Waals surface area contributed by atoms with Gasteiger partial charge < -0.3 is 14.8 Å². The topological polar surface area (TPSA) is 30.5 Å². The van der Waals surface area contributed by atoms with Crippen LogP contribution in [-0.4, -0.2) is 31.6 Å². The minimum atomic E-state index is -0.350. The van der Waals surface area contributed by atoms with Crippen LogP contribution in [0, 0.1) is 11.8 Å². The molecule has 1 aromatic carbocycles. The maximum absolute atomic E-state index is 5.68. The summed E-state index contributed by atoms with van der Waals surface area (Å²) in [5.74, 6) is 2.17. The predicted octanol–water partition coefficient (Wildman–Crippen LogP) is 3.31. The van der Waals surface area contributed by atoms with E-state index in [4.69, 9.17) is 9.47 Å². The molecule has 1 saturated heterocycles. The van der Waals surface area contributed by atoms with Crippen molar-refractivity contribution in [1.82, 2.24) is 5.32 Å². The number of nitrogens with one attached hydrogen (secondary N) is 1. The Labute approximate surface area is 133 Å². The molecule has 1 N–H and O–H groups in total. The molecule has 2 saturated carbocycles. The molecule has 4 atom stereocenters. The van der Waals surface area contributed by atoms with Gasteiger partial charge in [-0.2, -0.15) is 0 Å². The summed E-state index contributed by atoms with van der Waals surface area (Å²) in [6.45, 7) is 4.54. The van der Waals surface area contributed by atoms with Crippen LogP contribution in [0.1, 0.15) is 44.1 Å². The van der Waals surface area contributed by atoms with Crippen LogP contribution < -0.4 is 5.32 Å². The Balaban J connectivity index is 1.28. The Bertz CT molecular complexity index is 497. The Morgan fingerprint density at radius 3 is 2.50 bits per heavy atom. The van der Waals surface area contributed by atoms with Crippen LogP contribution in [0.5, 0.6) is 0 Å². The molecule has 3 heteroatoms. The lowest BCUT2D eigenvalue weighted by Crippen LogP contribution is -2.39. The van der Waals surface area contributed by atoms with Crippen LogP contribution in [0.3, 0.4) is 0 Å². The van der Waals surface area contributed by atoms with Gasteiger partial charge in [0.15, 0.2) is 5.79 Å². The quantitative estimate of drug-likeness (QED) is 0.905. The van der Waals surface area contributed by atoms with Gasteiger partial charge in [-0.1, -0.05) is 30.3 Å². The third-order valence-corrected chi connectivity index (χ3v) is 5.97. The molecule has 0 spiro atoms. The maximum Gasteiger partial charge on any atom is 0.166 e. The lowest BCUT2D eigenvalue weighted by atomic mass is 9.81. The van der Waals surface area contributed by atoms with Crippen LogP contribution in [-0.2, 0) is 9.47 Å². The van der Waals surface area contributed by atoms with Crippen molar-refractivity contribution >= 4 is 0 Å². The van der Waals surface area contributed by atoms with E-state index in [1.54, 1.807) is 5.56 Å². The zero-order valence-electron chi connectivity index (χ0n) is 13.5. The highest BCUT2D eigenvalue weighted by Crippen LogP contribution is 2.52. The molecule has 0 radical (unpaired) electrons. The van der Waals surface area contributed by atoms with Crippen molar-refractivity contribution in [1.29, 1.82) is 0 Å². The largest absolute Gasteiger partial charge is 0.348 e. The van der Waals surface area contributed by atoms with Gasteiger partial charge in [-0.15, -0.1) is 0 Å². The monoisotopic (exact) mass is 301 g/mol. The number of hydrogen-bond donors (Lipinski definition) is 1. The van der Waals surface area contributed by atoms with E-state index in [2.05, 4.69) is 42.6 Å². The summed E-state index contributed by atoms with van der Waals surface area (Å²) in [6, 6.07) is 11.8. The zero-order valence-corrected chi connectivity index (χ0v) is 13.5. The molecular weight excluding hydrogens is 274 g/mol. The van der Waals surface area contributed by atoms with E-state index < -0.39 is 0 Å². The summed E-state index contributed by atoms with van der Waals surface area (Å²) in [5, 5.41) is 3.78. The molecule has 1 aliphatic heterocycles. The number of fused-ring (bicyclic) bond motifs is 2. The summed E-state index contributed by atoms with van der Waals surface area (Å²) in [6.07, 6.45) is 5.05. The molecule has 0 amide bonds. The highest BCUT2D eigenvalue weighted by Gasteiger charge is 2.46. The average Bonchev–Trinajstić information content (AvgIpc) is 3.24. The molecule has 0 aromatic heterocycles. The van der Waals surface area contributed by atoms with E-state index in [-0.39, 0.29) is 5.79 Å². The van der Waals surface area contributed by atoms with Crippen LogP contribution in [0.2, 0.25) is 0 Å². The number of ether oxygens (including phenoxy) is 2. The molecular formula is C19H27NO2. The number of benzene rings is 1. The fourth-order valence-electron chi connectivity index (χ4n) is 4.82. The van der Waals surface area contributed by atoms with Gasteiger partial charge in [0.05, 0.1) is 13.2 Å². The van der Waals surface area contributed by atoms with E-state index in [1.165, 1.54) is 19.3 Å². The van der Waals surface area contributed by atoms with Gasteiger partial charge in [0.1, 0.15) is 0 Å². The van der Waals surface area contributed by atoms with Crippen molar-refractivity contribution in [3.63, 3.8) is 0 Å². The van der Waals surface area contributed by atoms with E-state index in [0.29, 0.717) is 6.04 Å². The van der Waals surface area contributed by atoms with Gasteiger partial charge in [-0.25, -0.2) is 0 Å². The molecule has 3 nitrogen and oxygen atoms in total. The first kappa shape index (κ1) is 14.7. The maximum atomic E-state index is 5.68. The summed E-state index contributed by atoms with van der Waals surface area (Å²) in [7, 11) is 0.